The third-order valence-electron chi connectivity index (χ3n) is 4.62. The van der Waals surface area contributed by atoms with Crippen molar-refractivity contribution in [3.63, 3.8) is 0 Å². The molecule has 0 saturated carbocycles. The van der Waals surface area contributed by atoms with Crippen LogP contribution < -0.4 is 0 Å². The maximum absolute atomic E-state index is 8.45. The van der Waals surface area contributed by atoms with Crippen LogP contribution in [0.4, 0.5) is 0 Å². The van der Waals surface area contributed by atoms with Crippen molar-refractivity contribution in [2.24, 2.45) is 23.7 Å². The van der Waals surface area contributed by atoms with E-state index in [0.717, 1.165) is 13.0 Å². The van der Waals surface area contributed by atoms with Crippen LogP contribution in [0.3, 0.4) is 0 Å². The van der Waals surface area contributed by atoms with Crippen molar-refractivity contribution in [3.8, 4) is 0 Å². The van der Waals surface area contributed by atoms with Crippen LogP contribution in [0.2, 0.25) is 0 Å². The Labute approximate surface area is 236 Å². The van der Waals surface area contributed by atoms with Crippen molar-refractivity contribution >= 4 is 0 Å². The summed E-state index contributed by atoms with van der Waals surface area (Å²) in [4.78, 5) is 8.56. The molecular formula is C30H68O8. The first-order valence-electron chi connectivity index (χ1n) is 14.5. The molecule has 0 aliphatic heterocycles. The molecule has 0 aliphatic rings. The summed E-state index contributed by atoms with van der Waals surface area (Å²) in [5.74, 6) is 1.92. The van der Waals surface area contributed by atoms with E-state index in [1.807, 2.05) is 69.2 Å². The molecule has 8 heteroatoms. The van der Waals surface area contributed by atoms with Crippen molar-refractivity contribution < 1.29 is 39.2 Å². The Balaban J connectivity index is -0.000000204. The lowest BCUT2D eigenvalue weighted by atomic mass is 9.98. The van der Waals surface area contributed by atoms with Crippen LogP contribution in [0.15, 0.2) is 0 Å². The van der Waals surface area contributed by atoms with E-state index in [-0.39, 0.29) is 36.4 Å². The maximum atomic E-state index is 8.45. The first-order chi connectivity index (χ1) is 17.4. The largest absolute Gasteiger partial charge is 0.379 e. The fourth-order valence-electron chi connectivity index (χ4n) is 2.23. The molecule has 0 aromatic heterocycles. The molecule has 2 N–H and O–H groups in total. The molecule has 2 atom stereocenters. The first kappa shape index (κ1) is 44.7. The average Bonchev–Trinajstić information content (AvgIpc) is 2.76. The fraction of sp³-hybridized carbons (Fsp3) is 1.00. The smallest absolute Gasteiger partial charge is 0.147 e. The van der Waals surface area contributed by atoms with Gasteiger partial charge in [-0.15, -0.1) is 0 Å². The molecule has 0 aromatic rings. The third kappa shape index (κ3) is 42.8. The van der Waals surface area contributed by atoms with E-state index in [0.29, 0.717) is 37.3 Å². The predicted octanol–water partition coefficient (Wildman–Crippen LogP) is 8.33. The normalized spacial score (nSPS) is 13.1. The van der Waals surface area contributed by atoms with Crippen LogP contribution in [-0.2, 0) is 28.7 Å². The summed E-state index contributed by atoms with van der Waals surface area (Å²) >= 11 is 0. The molecule has 0 aromatic carbocycles. The molecule has 0 aliphatic carbocycles. The topological polar surface area (TPSA) is 95.8 Å². The monoisotopic (exact) mass is 556 g/mol. The molecule has 0 fully saturated rings. The highest BCUT2D eigenvalue weighted by Crippen LogP contribution is 2.14. The Kier molecular flexibility index (Phi) is 34.9. The predicted molar refractivity (Wildman–Crippen MR) is 158 cm³/mol. The minimum atomic E-state index is -0.211. The lowest BCUT2D eigenvalue weighted by molar-refractivity contribution is -0.298. The van der Waals surface area contributed by atoms with Gasteiger partial charge in [0.2, 0.25) is 0 Å². The lowest BCUT2D eigenvalue weighted by Gasteiger charge is -2.18. The number of rotatable bonds is 16. The van der Waals surface area contributed by atoms with Gasteiger partial charge in [-0.05, 0) is 85.5 Å². The highest BCUT2D eigenvalue weighted by atomic mass is 17.1. The molecule has 236 valence electrons. The molecule has 0 heterocycles. The summed E-state index contributed by atoms with van der Waals surface area (Å²) in [6, 6.07) is 0. The van der Waals surface area contributed by atoms with Gasteiger partial charge in [0.15, 0.2) is 0 Å². The van der Waals surface area contributed by atoms with Gasteiger partial charge in [-0.3, -0.25) is 10.5 Å². The van der Waals surface area contributed by atoms with Gasteiger partial charge >= 0.3 is 0 Å². The van der Waals surface area contributed by atoms with Crippen LogP contribution in [0, 0.1) is 23.7 Å². The lowest BCUT2D eigenvalue weighted by Crippen LogP contribution is -2.26. The second kappa shape index (κ2) is 29.7. The summed E-state index contributed by atoms with van der Waals surface area (Å²) < 4.78 is 20.8. The van der Waals surface area contributed by atoms with Crippen LogP contribution in [0.1, 0.15) is 117 Å². The molecule has 8 nitrogen and oxygen atoms in total. The molecule has 0 radical (unpaired) electrons. The Hall–Kier alpha value is -0.320. The number of ether oxygens (including phenoxy) is 4. The summed E-state index contributed by atoms with van der Waals surface area (Å²) in [6.45, 7) is 34.3. The molecule has 2 unspecified atom stereocenters. The molecule has 0 amide bonds. The Bertz CT molecular complexity index is 422. The quantitative estimate of drug-likeness (QED) is 0.111. The summed E-state index contributed by atoms with van der Waals surface area (Å²) in [6.07, 6.45) is 1.82. The highest BCUT2D eigenvalue weighted by molar-refractivity contribution is 4.62. The van der Waals surface area contributed by atoms with Crippen molar-refractivity contribution in [2.45, 2.75) is 154 Å². The molecule has 38 heavy (non-hydrogen) atoms. The van der Waals surface area contributed by atoms with Crippen LogP contribution in [-0.4, -0.2) is 67.1 Å². The minimum absolute atomic E-state index is 0.000000000000000444. The van der Waals surface area contributed by atoms with Crippen molar-refractivity contribution in [2.75, 3.05) is 20.0 Å². The van der Waals surface area contributed by atoms with Gasteiger partial charge in [-0.2, -0.15) is 0 Å². The van der Waals surface area contributed by atoms with Crippen LogP contribution >= 0.6 is 0 Å². The van der Waals surface area contributed by atoms with Gasteiger partial charge in [-0.1, -0.05) is 55.4 Å². The molecule has 0 saturated heterocycles. The highest BCUT2D eigenvalue weighted by Gasteiger charge is 2.15. The van der Waals surface area contributed by atoms with E-state index in [1.165, 1.54) is 0 Å². The van der Waals surface area contributed by atoms with E-state index >= 15 is 0 Å². The van der Waals surface area contributed by atoms with E-state index in [9.17, 15) is 0 Å². The van der Waals surface area contributed by atoms with Crippen molar-refractivity contribution in [1.82, 2.24) is 0 Å². The van der Waals surface area contributed by atoms with Gasteiger partial charge in [-0.25, -0.2) is 9.78 Å². The zero-order chi connectivity index (χ0) is 30.8. The molecule has 0 spiro atoms. The fourth-order valence-corrected chi connectivity index (χ4v) is 2.23. The van der Waals surface area contributed by atoms with Crippen molar-refractivity contribution in [1.29, 1.82) is 0 Å². The Morgan fingerprint density at radius 3 is 0.947 bits per heavy atom. The summed E-state index contributed by atoms with van der Waals surface area (Å²) in [7, 11) is 0. The van der Waals surface area contributed by atoms with Crippen molar-refractivity contribution in [3.05, 3.63) is 0 Å². The van der Waals surface area contributed by atoms with Gasteiger partial charge in [0.25, 0.3) is 0 Å². The molecular weight excluding hydrogens is 488 g/mol. The summed E-state index contributed by atoms with van der Waals surface area (Å²) in [5, 5.41) is 16.9. The number of hydrogen-bond donors (Lipinski definition) is 2. The maximum Gasteiger partial charge on any atom is 0.147 e. The Morgan fingerprint density at radius 1 is 0.421 bits per heavy atom. The second-order valence-corrected chi connectivity index (χ2v) is 12.1. The summed E-state index contributed by atoms with van der Waals surface area (Å²) in [5.41, 5.74) is 0. The van der Waals surface area contributed by atoms with Gasteiger partial charge < -0.3 is 18.9 Å². The minimum Gasteiger partial charge on any atom is -0.379 e. The number of hydrogen-bond acceptors (Lipinski definition) is 8. The van der Waals surface area contributed by atoms with E-state index < -0.39 is 0 Å². The SMILES string of the molecule is CC(C)CC(OO)C(C)C.CC(C)COC(C)C.CC(C)OCC(OO)C(C)C.CC(C)OCOC(C)C. The zero-order valence-corrected chi connectivity index (χ0v) is 27.9. The molecule has 0 rings (SSSR count). The van der Waals surface area contributed by atoms with Crippen LogP contribution in [0.25, 0.3) is 0 Å². The zero-order valence-electron chi connectivity index (χ0n) is 27.9. The van der Waals surface area contributed by atoms with E-state index in [4.69, 9.17) is 29.5 Å². The van der Waals surface area contributed by atoms with Gasteiger partial charge in [0.1, 0.15) is 12.9 Å². The standard InChI is InChI=1S/C8H18O3.C8H18O2.C7H16O2.C7H16O/c1-6(2)8(11-9)5-10-7(3)4;1-6(2)5-8(10-9)7(3)4;1-6(2)8-5-9-7(3)4;1-6(2)5-8-7(3)4/h6-9H,5H2,1-4H3;6-9H,5H2,1-4H3;6-7H,5H2,1-4H3;6-7H,5H2,1-4H3. The Morgan fingerprint density at radius 2 is 0.763 bits per heavy atom. The first-order valence-corrected chi connectivity index (χ1v) is 14.5. The van der Waals surface area contributed by atoms with Gasteiger partial charge in [0.05, 0.1) is 37.1 Å². The van der Waals surface area contributed by atoms with E-state index in [1.54, 1.807) is 0 Å². The van der Waals surface area contributed by atoms with E-state index in [2.05, 4.69) is 51.3 Å². The average molecular weight is 557 g/mol. The second-order valence-electron chi connectivity index (χ2n) is 12.1. The third-order valence-corrected chi connectivity index (χ3v) is 4.62. The van der Waals surface area contributed by atoms with Crippen LogP contribution in [0.5, 0.6) is 0 Å². The van der Waals surface area contributed by atoms with Gasteiger partial charge in [0, 0.05) is 6.61 Å². The molecule has 0 bridgehead atoms.